The molecule has 0 aromatic heterocycles. The molecule has 16 heavy (non-hydrogen) atoms. The van der Waals surface area contributed by atoms with E-state index in [2.05, 4.69) is 20.8 Å². The van der Waals surface area contributed by atoms with Gasteiger partial charge < -0.3 is 0 Å². The average molecular weight is 236 g/mol. The zero-order valence-corrected chi connectivity index (χ0v) is 10.7. The minimum absolute atomic E-state index is 0.207. The number of alkyl halides is 3. The lowest BCUT2D eigenvalue weighted by Crippen LogP contribution is -2.12. The summed E-state index contributed by atoms with van der Waals surface area (Å²) in [5.41, 5.74) is 0.328. The van der Waals surface area contributed by atoms with E-state index in [0.717, 1.165) is 12.3 Å². The van der Waals surface area contributed by atoms with E-state index in [1.807, 2.05) is 6.92 Å². The first-order valence-electron chi connectivity index (χ1n) is 6.16. The Kier molecular flexibility index (Phi) is 3.96. The zero-order chi connectivity index (χ0) is 12.6. The van der Waals surface area contributed by atoms with Crippen LogP contribution in [0.2, 0.25) is 0 Å². The first kappa shape index (κ1) is 13.9. The minimum Gasteiger partial charge on any atom is -0.171 e. The average Bonchev–Trinajstić information content (AvgIpc) is 2.78. The fraction of sp³-hybridized carbons (Fsp3) is 1.00. The van der Waals surface area contributed by atoms with Crippen LogP contribution in [0.15, 0.2) is 0 Å². The number of hydrogen-bond acceptors (Lipinski definition) is 0. The fourth-order valence-corrected chi connectivity index (χ4v) is 2.61. The van der Waals surface area contributed by atoms with E-state index in [4.69, 9.17) is 0 Å². The molecule has 3 unspecified atom stereocenters. The van der Waals surface area contributed by atoms with Crippen LogP contribution in [0.5, 0.6) is 0 Å². The highest BCUT2D eigenvalue weighted by Gasteiger charge is 2.45. The molecule has 0 aliphatic heterocycles. The Balaban J connectivity index is 2.20. The van der Waals surface area contributed by atoms with Crippen LogP contribution in [-0.4, -0.2) is 6.18 Å². The molecule has 1 fully saturated rings. The van der Waals surface area contributed by atoms with Crippen molar-refractivity contribution in [3.63, 3.8) is 0 Å². The Bertz CT molecular complexity index is 224. The van der Waals surface area contributed by atoms with E-state index < -0.39 is 12.6 Å². The summed E-state index contributed by atoms with van der Waals surface area (Å²) >= 11 is 0. The van der Waals surface area contributed by atoms with Crippen molar-refractivity contribution in [3.8, 4) is 0 Å². The van der Waals surface area contributed by atoms with Crippen LogP contribution < -0.4 is 0 Å². The van der Waals surface area contributed by atoms with Crippen LogP contribution in [-0.2, 0) is 0 Å². The van der Waals surface area contributed by atoms with Gasteiger partial charge in [0.15, 0.2) is 0 Å². The predicted octanol–water partition coefficient (Wildman–Crippen LogP) is 5.04. The molecule has 0 radical (unpaired) electrons. The maximum absolute atomic E-state index is 12.0. The third kappa shape index (κ3) is 4.75. The lowest BCUT2D eigenvalue weighted by atomic mass is 9.87. The van der Waals surface area contributed by atoms with Gasteiger partial charge in [0.2, 0.25) is 0 Å². The Morgan fingerprint density at radius 3 is 2.12 bits per heavy atom. The van der Waals surface area contributed by atoms with E-state index >= 15 is 0 Å². The highest BCUT2D eigenvalue weighted by molar-refractivity contribution is 4.94. The second kappa shape index (κ2) is 4.58. The van der Waals surface area contributed by atoms with Crippen molar-refractivity contribution < 1.29 is 13.2 Å². The molecule has 1 rings (SSSR count). The fourth-order valence-electron chi connectivity index (χ4n) is 2.61. The molecule has 3 atom stereocenters. The third-order valence-corrected chi connectivity index (χ3v) is 3.66. The summed E-state index contributed by atoms with van der Waals surface area (Å²) in [6.07, 6.45) is -2.14. The van der Waals surface area contributed by atoms with Gasteiger partial charge in [-0.25, -0.2) is 0 Å². The third-order valence-electron chi connectivity index (χ3n) is 3.66. The minimum atomic E-state index is -3.98. The summed E-state index contributed by atoms with van der Waals surface area (Å²) in [4.78, 5) is 0. The lowest BCUT2D eigenvalue weighted by molar-refractivity contribution is -0.137. The molecule has 3 heteroatoms. The van der Waals surface area contributed by atoms with Gasteiger partial charge >= 0.3 is 6.18 Å². The smallest absolute Gasteiger partial charge is 0.171 e. The van der Waals surface area contributed by atoms with Crippen LogP contribution in [0, 0.1) is 23.2 Å². The second-order valence-electron chi connectivity index (χ2n) is 6.46. The first-order valence-corrected chi connectivity index (χ1v) is 6.16. The molecule has 0 heterocycles. The summed E-state index contributed by atoms with van der Waals surface area (Å²) < 4.78 is 36.1. The quantitative estimate of drug-likeness (QED) is 0.641. The number of hydrogen-bond donors (Lipinski definition) is 0. The second-order valence-corrected chi connectivity index (χ2v) is 6.46. The molecule has 0 nitrogen and oxygen atoms in total. The topological polar surface area (TPSA) is 0 Å². The van der Waals surface area contributed by atoms with Gasteiger partial charge in [0.05, 0.1) is 0 Å². The molecular weight excluding hydrogens is 213 g/mol. The normalized spacial score (nSPS) is 27.9. The highest BCUT2D eigenvalue weighted by Crippen LogP contribution is 2.53. The van der Waals surface area contributed by atoms with Crippen molar-refractivity contribution in [2.45, 2.75) is 59.6 Å². The largest absolute Gasteiger partial charge is 0.389 e. The molecule has 0 saturated heterocycles. The van der Waals surface area contributed by atoms with Crippen LogP contribution in [0.4, 0.5) is 13.2 Å². The van der Waals surface area contributed by atoms with Crippen molar-refractivity contribution in [3.05, 3.63) is 0 Å². The zero-order valence-electron chi connectivity index (χ0n) is 10.7. The molecule has 1 saturated carbocycles. The molecule has 0 amide bonds. The van der Waals surface area contributed by atoms with Crippen LogP contribution in [0.1, 0.15) is 53.4 Å². The van der Waals surface area contributed by atoms with Gasteiger partial charge in [-0.1, -0.05) is 27.7 Å². The van der Waals surface area contributed by atoms with E-state index in [0.29, 0.717) is 11.3 Å². The molecule has 0 N–H and O–H groups in total. The van der Waals surface area contributed by atoms with Crippen LogP contribution >= 0.6 is 0 Å². The number of halogens is 3. The molecule has 0 spiro atoms. The Morgan fingerprint density at radius 2 is 1.75 bits per heavy atom. The molecule has 96 valence electrons. The highest BCUT2D eigenvalue weighted by atomic mass is 19.4. The van der Waals surface area contributed by atoms with Crippen molar-refractivity contribution in [1.82, 2.24) is 0 Å². The van der Waals surface area contributed by atoms with E-state index in [1.165, 1.54) is 6.42 Å². The lowest BCUT2D eigenvalue weighted by Gasteiger charge is -2.19. The summed E-state index contributed by atoms with van der Waals surface area (Å²) in [6, 6.07) is 0. The SMILES string of the molecule is CC(CCC(F)(F)F)CC1CC1C(C)(C)C. The summed E-state index contributed by atoms with van der Waals surface area (Å²) in [5.74, 6) is 1.60. The summed E-state index contributed by atoms with van der Waals surface area (Å²) in [6.45, 7) is 8.61. The molecule has 1 aliphatic carbocycles. The van der Waals surface area contributed by atoms with E-state index in [9.17, 15) is 13.2 Å². The maximum atomic E-state index is 12.0. The van der Waals surface area contributed by atoms with E-state index in [1.54, 1.807) is 0 Å². The Morgan fingerprint density at radius 1 is 1.19 bits per heavy atom. The predicted molar refractivity (Wildman–Crippen MR) is 60.1 cm³/mol. The van der Waals surface area contributed by atoms with Gasteiger partial charge in [-0.2, -0.15) is 13.2 Å². The van der Waals surface area contributed by atoms with Crippen molar-refractivity contribution >= 4 is 0 Å². The Hall–Kier alpha value is -0.210. The maximum Gasteiger partial charge on any atom is 0.389 e. The van der Waals surface area contributed by atoms with Gasteiger partial charge in [0.25, 0.3) is 0 Å². The van der Waals surface area contributed by atoms with E-state index in [-0.39, 0.29) is 12.3 Å². The standard InChI is InChI=1S/C13H23F3/c1-9(5-6-13(14,15)16)7-10-8-11(10)12(2,3)4/h9-11H,5-8H2,1-4H3. The van der Waals surface area contributed by atoms with Crippen LogP contribution in [0.25, 0.3) is 0 Å². The molecule has 0 bridgehead atoms. The summed E-state index contributed by atoms with van der Waals surface area (Å²) in [5, 5.41) is 0. The monoisotopic (exact) mass is 236 g/mol. The Labute approximate surface area is 96.6 Å². The van der Waals surface area contributed by atoms with Gasteiger partial charge in [-0.05, 0) is 42.4 Å². The van der Waals surface area contributed by atoms with Crippen molar-refractivity contribution in [2.24, 2.45) is 23.2 Å². The molecule has 1 aliphatic rings. The molecular formula is C13H23F3. The van der Waals surface area contributed by atoms with Crippen molar-refractivity contribution in [2.75, 3.05) is 0 Å². The van der Waals surface area contributed by atoms with Gasteiger partial charge in [0, 0.05) is 6.42 Å². The van der Waals surface area contributed by atoms with Crippen LogP contribution in [0.3, 0.4) is 0 Å². The van der Waals surface area contributed by atoms with Gasteiger partial charge in [-0.15, -0.1) is 0 Å². The van der Waals surface area contributed by atoms with Crippen molar-refractivity contribution in [1.29, 1.82) is 0 Å². The van der Waals surface area contributed by atoms with Gasteiger partial charge in [0.1, 0.15) is 0 Å². The van der Waals surface area contributed by atoms with Gasteiger partial charge in [-0.3, -0.25) is 0 Å². The number of rotatable bonds is 4. The molecule has 0 aromatic rings. The summed E-state index contributed by atoms with van der Waals surface area (Å²) in [7, 11) is 0. The first-order chi connectivity index (χ1) is 7.09. The molecule has 0 aromatic carbocycles.